The van der Waals surface area contributed by atoms with Crippen molar-refractivity contribution < 1.29 is 35.9 Å². The third kappa shape index (κ3) is 9.72. The summed E-state index contributed by atoms with van der Waals surface area (Å²) in [6, 6.07) is 18.2. The molecule has 0 aromatic heterocycles. The zero-order chi connectivity index (χ0) is 41.2. The summed E-state index contributed by atoms with van der Waals surface area (Å²) in [7, 11) is 0. The van der Waals surface area contributed by atoms with Gasteiger partial charge >= 0.3 is 18.3 Å². The third-order valence-electron chi connectivity index (χ3n) is 9.03. The van der Waals surface area contributed by atoms with Crippen LogP contribution in [0.5, 0.6) is 0 Å². The highest BCUT2D eigenvalue weighted by Gasteiger charge is 2.61. The number of rotatable bonds is 8. The van der Waals surface area contributed by atoms with Gasteiger partial charge in [-0.05, 0) is 138 Å². The van der Waals surface area contributed by atoms with Gasteiger partial charge in [-0.1, -0.05) is 87.8 Å². The molecule has 2 unspecified atom stereocenters. The van der Waals surface area contributed by atoms with Crippen LogP contribution >= 0.6 is 86.2 Å². The summed E-state index contributed by atoms with van der Waals surface area (Å²) < 4.78 is 94.6. The first kappa shape index (κ1) is 44.7. The molecule has 17 heteroatoms. The fourth-order valence-corrected chi connectivity index (χ4v) is 9.20. The number of alkyl halides is 6. The van der Waals surface area contributed by atoms with Crippen molar-refractivity contribution >= 4 is 104 Å². The Balaban J connectivity index is 0.000000219. The fourth-order valence-electron chi connectivity index (χ4n) is 5.97. The first-order valence-electron chi connectivity index (χ1n) is 16.8. The second-order valence-corrected chi connectivity index (χ2v) is 17.8. The van der Waals surface area contributed by atoms with Gasteiger partial charge in [0.05, 0.1) is 23.6 Å². The van der Waals surface area contributed by atoms with Gasteiger partial charge in [0, 0.05) is 37.4 Å². The van der Waals surface area contributed by atoms with Crippen LogP contribution in [-0.2, 0) is 14.2 Å². The van der Waals surface area contributed by atoms with Crippen LogP contribution in [0.25, 0.3) is 0 Å². The number of ether oxygens (including phenoxy) is 1. The Kier molecular flexibility index (Phi) is 14.2. The largest absolute Gasteiger partial charge is 0.462 e. The summed E-state index contributed by atoms with van der Waals surface area (Å²) in [4.78, 5) is 12.2. The molecule has 0 spiro atoms. The Morgan fingerprint density at radius 2 is 1.14 bits per heavy atom. The predicted molar refractivity (Wildman–Crippen MR) is 221 cm³/mol. The minimum atomic E-state index is -4.59. The lowest BCUT2D eigenvalue weighted by molar-refractivity contribution is -0.160. The number of carbonyl (C=O) groups excluding carboxylic acids is 1. The van der Waals surface area contributed by atoms with E-state index in [-0.39, 0.29) is 49.8 Å². The molecule has 2 aliphatic rings. The number of benzene rings is 4. The number of aryl methyl sites for hydroxylation is 2. The number of nitrogens with zero attached hydrogens (tertiary/aromatic N) is 2. The van der Waals surface area contributed by atoms with Gasteiger partial charge in [0.25, 0.3) is 0 Å². The molecule has 298 valence electrons. The SMILES string of the molecule is CCCCOC(=O)c1ccc(C2=NSC(c3cc(Cl)cc(Cl)c3)(C(F)(F)F)C2)cc1C.Cc1cc(C2=NSC(c3cc(Cl)cc(Cl)c3)(C(F)(F)F)C2)ccc1Br. The molecule has 6 rings (SSSR count). The summed E-state index contributed by atoms with van der Waals surface area (Å²) in [5, 5.41) is 0.586. The highest BCUT2D eigenvalue weighted by molar-refractivity contribution is 9.10. The van der Waals surface area contributed by atoms with Crippen LogP contribution in [0.4, 0.5) is 26.3 Å². The van der Waals surface area contributed by atoms with Gasteiger partial charge in [-0.3, -0.25) is 0 Å². The Morgan fingerprint density at radius 3 is 1.54 bits per heavy atom. The maximum absolute atomic E-state index is 14.2. The second kappa shape index (κ2) is 17.8. The lowest BCUT2D eigenvalue weighted by Gasteiger charge is -2.30. The molecule has 0 saturated carbocycles. The topological polar surface area (TPSA) is 51.0 Å². The van der Waals surface area contributed by atoms with Crippen molar-refractivity contribution in [2.45, 2.75) is 68.3 Å². The maximum Gasteiger partial charge on any atom is 0.409 e. The summed E-state index contributed by atoms with van der Waals surface area (Å²) in [5.41, 5.74) is 3.77. The Bertz CT molecular complexity index is 2160. The molecule has 2 heterocycles. The van der Waals surface area contributed by atoms with E-state index in [4.69, 9.17) is 51.1 Å². The second-order valence-electron chi connectivity index (χ2n) is 13.1. The van der Waals surface area contributed by atoms with E-state index in [0.29, 0.717) is 58.5 Å². The van der Waals surface area contributed by atoms with Gasteiger partial charge in [-0.2, -0.15) is 26.3 Å². The Hall–Kier alpha value is -2.39. The molecule has 0 amide bonds. The average molecular weight is 960 g/mol. The molecule has 0 radical (unpaired) electrons. The van der Waals surface area contributed by atoms with Gasteiger partial charge in [0.2, 0.25) is 0 Å². The van der Waals surface area contributed by atoms with Gasteiger partial charge < -0.3 is 4.74 Å². The quantitative estimate of drug-likeness (QED) is 0.0764. The van der Waals surface area contributed by atoms with E-state index in [2.05, 4.69) is 24.7 Å². The van der Waals surface area contributed by atoms with Crippen molar-refractivity contribution in [1.82, 2.24) is 0 Å². The molecule has 4 aromatic carbocycles. The van der Waals surface area contributed by atoms with Crippen LogP contribution in [0, 0.1) is 13.8 Å². The number of esters is 1. The third-order valence-corrected chi connectivity index (χ3v) is 13.3. The Labute approximate surface area is 357 Å². The van der Waals surface area contributed by atoms with Crippen LogP contribution in [0.2, 0.25) is 20.1 Å². The van der Waals surface area contributed by atoms with Gasteiger partial charge in [0.1, 0.15) is 0 Å². The molecule has 0 bridgehead atoms. The molecule has 4 nitrogen and oxygen atoms in total. The van der Waals surface area contributed by atoms with Crippen LogP contribution < -0.4 is 0 Å². The number of unbranched alkanes of at least 4 members (excludes halogenated alkanes) is 1. The summed E-state index contributed by atoms with van der Waals surface area (Å²) in [6.07, 6.45) is -8.09. The Morgan fingerprint density at radius 1 is 0.714 bits per heavy atom. The molecular weight excluding hydrogens is 928 g/mol. The van der Waals surface area contributed by atoms with E-state index in [1.54, 1.807) is 31.2 Å². The monoisotopic (exact) mass is 956 g/mol. The smallest absolute Gasteiger partial charge is 0.409 e. The van der Waals surface area contributed by atoms with E-state index in [9.17, 15) is 31.1 Å². The van der Waals surface area contributed by atoms with E-state index in [0.717, 1.165) is 22.9 Å². The van der Waals surface area contributed by atoms with Crippen LogP contribution in [0.15, 0.2) is 86.1 Å². The van der Waals surface area contributed by atoms with E-state index < -0.39 is 27.8 Å². The normalized spacial score (nSPS) is 19.6. The fraction of sp³-hybridized carbons (Fsp3) is 0.308. The van der Waals surface area contributed by atoms with Gasteiger partial charge in [0.15, 0.2) is 9.49 Å². The van der Waals surface area contributed by atoms with Crippen molar-refractivity contribution in [1.29, 1.82) is 0 Å². The highest BCUT2D eigenvalue weighted by Crippen LogP contribution is 2.58. The van der Waals surface area contributed by atoms with Crippen molar-refractivity contribution in [3.8, 4) is 0 Å². The average Bonchev–Trinajstić information content (AvgIpc) is 3.77. The lowest BCUT2D eigenvalue weighted by Crippen LogP contribution is -2.38. The summed E-state index contributed by atoms with van der Waals surface area (Å²) >= 11 is 28.1. The summed E-state index contributed by atoms with van der Waals surface area (Å²) in [6.45, 7) is 5.92. The van der Waals surface area contributed by atoms with Crippen molar-refractivity contribution in [2.75, 3.05) is 6.61 Å². The number of carbonyl (C=O) groups is 1. The maximum atomic E-state index is 14.2. The molecule has 0 N–H and O–H groups in total. The number of hydrogen-bond donors (Lipinski definition) is 0. The predicted octanol–water partition coefficient (Wildman–Crippen LogP) is 14.9. The molecule has 2 atom stereocenters. The molecule has 2 aliphatic heterocycles. The molecule has 0 fully saturated rings. The van der Waals surface area contributed by atoms with E-state index in [1.807, 2.05) is 26.0 Å². The highest BCUT2D eigenvalue weighted by atomic mass is 79.9. The van der Waals surface area contributed by atoms with Crippen molar-refractivity contribution in [3.63, 3.8) is 0 Å². The van der Waals surface area contributed by atoms with Crippen LogP contribution in [0.1, 0.15) is 76.3 Å². The molecule has 0 aliphatic carbocycles. The lowest BCUT2D eigenvalue weighted by atomic mass is 9.89. The van der Waals surface area contributed by atoms with Crippen molar-refractivity contribution in [2.24, 2.45) is 8.80 Å². The molecule has 56 heavy (non-hydrogen) atoms. The van der Waals surface area contributed by atoms with Gasteiger partial charge in [-0.15, -0.1) is 0 Å². The zero-order valence-corrected chi connectivity index (χ0v) is 35.9. The molecule has 4 aromatic rings. The number of halogens is 11. The minimum Gasteiger partial charge on any atom is -0.462 e. The molecule has 0 saturated heterocycles. The van der Waals surface area contributed by atoms with Crippen LogP contribution in [0.3, 0.4) is 0 Å². The van der Waals surface area contributed by atoms with E-state index >= 15 is 0 Å². The zero-order valence-electron chi connectivity index (χ0n) is 29.6. The van der Waals surface area contributed by atoms with E-state index in [1.165, 1.54) is 36.4 Å². The molecular formula is C39H31BrCl4F6N2O2S2. The standard InChI is InChI=1S/C22H20Cl2F3NO2S.C17H11BrCl2F3NS/c1-3-4-7-30-20(29)18-6-5-14(8-13(18)2)19-12-21(31-28-19,22(25,26)27)15-9-16(23)11-17(24)10-15;1-9-4-10(2-3-14(9)18)15-8-16(25-24-15,17(21,22)23)11-5-12(19)7-13(20)6-11/h5-6,8-11H,3-4,7,12H2,1-2H3;2-7H,8H2,1H3. The first-order chi connectivity index (χ1) is 26.2. The summed E-state index contributed by atoms with van der Waals surface area (Å²) in [5.74, 6) is -0.446. The van der Waals surface area contributed by atoms with Crippen LogP contribution in [-0.4, -0.2) is 36.4 Å². The number of hydrogen-bond acceptors (Lipinski definition) is 6. The minimum absolute atomic E-state index is 0.00934. The first-order valence-corrected chi connectivity index (χ1v) is 20.7. The van der Waals surface area contributed by atoms with Crippen molar-refractivity contribution in [3.05, 3.63) is 136 Å². The van der Waals surface area contributed by atoms with Gasteiger partial charge in [-0.25, -0.2) is 13.6 Å².